The third-order valence-corrected chi connectivity index (χ3v) is 4.64. The van der Waals surface area contributed by atoms with Crippen molar-refractivity contribution in [2.45, 2.75) is 6.42 Å². The highest BCUT2D eigenvalue weighted by Gasteiger charge is 2.16. The van der Waals surface area contributed by atoms with Crippen LogP contribution in [-0.4, -0.2) is 22.6 Å². The molecule has 126 valence electrons. The van der Waals surface area contributed by atoms with Gasteiger partial charge >= 0.3 is 0 Å². The molecule has 4 heteroatoms. The third-order valence-electron chi connectivity index (χ3n) is 4.64. The quantitative estimate of drug-likeness (QED) is 0.700. The van der Waals surface area contributed by atoms with E-state index in [9.17, 15) is 4.39 Å². The number of pyridine rings is 1. The number of nitrogens with zero attached hydrogens (tertiary/aromatic N) is 3. The van der Waals surface area contributed by atoms with E-state index < -0.39 is 0 Å². The maximum Gasteiger partial charge on any atom is 0.141 e. The molecule has 2 aromatic heterocycles. The van der Waals surface area contributed by atoms with Crippen LogP contribution in [0, 0.1) is 5.82 Å². The van der Waals surface area contributed by atoms with E-state index in [4.69, 9.17) is 0 Å². The van der Waals surface area contributed by atoms with Gasteiger partial charge in [-0.15, -0.1) is 0 Å². The molecule has 0 amide bonds. The molecule has 0 unspecified atom stereocenters. The molecule has 1 aliphatic heterocycles. The second kappa shape index (κ2) is 6.55. The molecule has 1 aromatic carbocycles. The molecule has 0 N–H and O–H groups in total. The van der Waals surface area contributed by atoms with Crippen LogP contribution < -0.4 is 4.90 Å². The Morgan fingerprint density at radius 3 is 2.88 bits per heavy atom. The summed E-state index contributed by atoms with van der Waals surface area (Å²) >= 11 is 0. The van der Waals surface area contributed by atoms with Crippen molar-refractivity contribution in [1.29, 1.82) is 0 Å². The smallest absolute Gasteiger partial charge is 0.141 e. The Morgan fingerprint density at radius 2 is 2.08 bits per heavy atom. The number of allylic oxidation sites excluding steroid dienone is 1. The zero-order chi connectivity index (χ0) is 17.2. The molecule has 0 saturated heterocycles. The fourth-order valence-corrected chi connectivity index (χ4v) is 3.31. The minimum Gasteiger partial charge on any atom is -0.366 e. The molecular weight excluding hydrogens is 313 g/mol. The number of hydrogen-bond donors (Lipinski definition) is 0. The Labute approximate surface area is 146 Å². The van der Waals surface area contributed by atoms with E-state index in [1.54, 1.807) is 12.1 Å². The lowest BCUT2D eigenvalue weighted by Crippen LogP contribution is -2.28. The van der Waals surface area contributed by atoms with Crippen LogP contribution in [0.1, 0.15) is 12.0 Å². The largest absolute Gasteiger partial charge is 0.366 e. The molecule has 3 nitrogen and oxygen atoms in total. The summed E-state index contributed by atoms with van der Waals surface area (Å²) in [5.41, 5.74) is 4.43. The van der Waals surface area contributed by atoms with Crippen molar-refractivity contribution in [2.75, 3.05) is 18.0 Å². The van der Waals surface area contributed by atoms with E-state index in [0.29, 0.717) is 0 Å². The molecule has 1 aliphatic rings. The number of halogens is 1. The van der Waals surface area contributed by atoms with E-state index in [1.165, 1.54) is 22.7 Å². The highest BCUT2D eigenvalue weighted by Crippen LogP contribution is 2.29. The average Bonchev–Trinajstić information content (AvgIpc) is 2.98. The Bertz CT molecular complexity index is 968. The number of aryl methyl sites for hydroxylation is 1. The maximum atomic E-state index is 13.2. The second-order valence-corrected chi connectivity index (χ2v) is 6.36. The minimum atomic E-state index is -0.199. The zero-order valence-corrected chi connectivity index (χ0v) is 14.2. The summed E-state index contributed by atoms with van der Waals surface area (Å²) in [6.07, 6.45) is 11.3. The first-order valence-corrected chi connectivity index (χ1v) is 8.48. The molecule has 4 rings (SSSR count). The molecular formula is C21H20FN3. The number of rotatable bonds is 3. The Kier molecular flexibility index (Phi) is 4.10. The van der Waals surface area contributed by atoms with E-state index in [-0.39, 0.29) is 5.82 Å². The third kappa shape index (κ3) is 3.20. The number of anilines is 1. The highest BCUT2D eigenvalue weighted by molar-refractivity contribution is 5.91. The summed E-state index contributed by atoms with van der Waals surface area (Å²) in [5, 5.41) is 1.19. The van der Waals surface area contributed by atoms with E-state index in [1.807, 2.05) is 31.5 Å². The zero-order valence-electron chi connectivity index (χ0n) is 14.2. The molecule has 0 saturated carbocycles. The number of fused-ring (bicyclic) bond motifs is 1. The van der Waals surface area contributed by atoms with Gasteiger partial charge in [0.2, 0.25) is 0 Å². The molecule has 3 aromatic rings. The first kappa shape index (κ1) is 15.6. The fraction of sp³-hybridized carbons (Fsp3) is 0.190. The van der Waals surface area contributed by atoms with Crippen molar-refractivity contribution in [3.8, 4) is 0 Å². The van der Waals surface area contributed by atoms with Gasteiger partial charge in [0.25, 0.3) is 0 Å². The summed E-state index contributed by atoms with van der Waals surface area (Å²) < 4.78 is 15.3. The summed E-state index contributed by atoms with van der Waals surface area (Å²) in [7, 11) is 2.03. The van der Waals surface area contributed by atoms with Crippen LogP contribution in [-0.2, 0) is 7.05 Å². The van der Waals surface area contributed by atoms with Crippen LogP contribution in [0.15, 0.2) is 66.5 Å². The van der Waals surface area contributed by atoms with Gasteiger partial charge in [0.05, 0.1) is 5.69 Å². The molecule has 0 spiro atoms. The summed E-state index contributed by atoms with van der Waals surface area (Å²) in [4.78, 5) is 6.84. The molecule has 0 aliphatic carbocycles. The Balaban J connectivity index is 1.52. The standard InChI is InChI=1S/C21H20FN3/c1-24-15-20(19-6-3-11-23-21(19)24)25-12-9-16(10-13-25)7-8-17-4-2-5-18(22)14-17/h2-9,11,14-15H,10,12-13H2,1H3/b8-7+. The topological polar surface area (TPSA) is 21.1 Å². The van der Waals surface area contributed by atoms with Crippen molar-refractivity contribution in [3.05, 3.63) is 77.9 Å². The molecule has 3 heterocycles. The van der Waals surface area contributed by atoms with Gasteiger partial charge in [-0.25, -0.2) is 9.37 Å². The van der Waals surface area contributed by atoms with Crippen molar-refractivity contribution < 1.29 is 4.39 Å². The first-order valence-electron chi connectivity index (χ1n) is 8.48. The van der Waals surface area contributed by atoms with Gasteiger partial charge in [0.1, 0.15) is 11.5 Å². The van der Waals surface area contributed by atoms with Crippen LogP contribution in [0.25, 0.3) is 17.1 Å². The predicted octanol–water partition coefficient (Wildman–Crippen LogP) is 4.56. The molecule has 0 atom stereocenters. The van der Waals surface area contributed by atoms with Crippen molar-refractivity contribution in [2.24, 2.45) is 7.05 Å². The van der Waals surface area contributed by atoms with E-state index >= 15 is 0 Å². The normalized spacial score (nSPS) is 15.1. The predicted molar refractivity (Wildman–Crippen MR) is 101 cm³/mol. The second-order valence-electron chi connectivity index (χ2n) is 6.36. The molecule has 25 heavy (non-hydrogen) atoms. The van der Waals surface area contributed by atoms with Crippen molar-refractivity contribution >= 4 is 22.8 Å². The van der Waals surface area contributed by atoms with Crippen LogP contribution in [0.3, 0.4) is 0 Å². The van der Waals surface area contributed by atoms with Gasteiger partial charge < -0.3 is 9.47 Å². The van der Waals surface area contributed by atoms with Crippen LogP contribution in [0.2, 0.25) is 0 Å². The fourth-order valence-electron chi connectivity index (χ4n) is 3.31. The lowest BCUT2D eigenvalue weighted by atomic mass is 10.1. The molecule has 0 fully saturated rings. The van der Waals surface area contributed by atoms with E-state index in [2.05, 4.69) is 38.9 Å². The lowest BCUT2D eigenvalue weighted by molar-refractivity contribution is 0.627. The van der Waals surface area contributed by atoms with Crippen LogP contribution in [0.4, 0.5) is 10.1 Å². The van der Waals surface area contributed by atoms with Crippen molar-refractivity contribution in [3.63, 3.8) is 0 Å². The number of aromatic nitrogens is 2. The monoisotopic (exact) mass is 333 g/mol. The highest BCUT2D eigenvalue weighted by atomic mass is 19.1. The van der Waals surface area contributed by atoms with Gasteiger partial charge in [-0.1, -0.05) is 30.4 Å². The first-order chi connectivity index (χ1) is 12.2. The Hall–Kier alpha value is -2.88. The van der Waals surface area contributed by atoms with Gasteiger partial charge in [0, 0.05) is 37.9 Å². The van der Waals surface area contributed by atoms with Gasteiger partial charge in [0.15, 0.2) is 0 Å². The lowest BCUT2D eigenvalue weighted by Gasteiger charge is -2.27. The van der Waals surface area contributed by atoms with Gasteiger partial charge in [-0.2, -0.15) is 0 Å². The SMILES string of the molecule is Cn1cc(N2CC=C(/C=C/c3cccc(F)c3)CC2)c2cccnc21. The summed E-state index contributed by atoms with van der Waals surface area (Å²) in [6.45, 7) is 1.84. The average molecular weight is 333 g/mol. The summed E-state index contributed by atoms with van der Waals surface area (Å²) in [6, 6.07) is 10.8. The summed E-state index contributed by atoms with van der Waals surface area (Å²) in [5.74, 6) is -0.199. The Morgan fingerprint density at radius 1 is 1.16 bits per heavy atom. The van der Waals surface area contributed by atoms with Crippen molar-refractivity contribution in [1.82, 2.24) is 9.55 Å². The van der Waals surface area contributed by atoms with Gasteiger partial charge in [-0.05, 0) is 41.8 Å². The molecule has 0 bridgehead atoms. The minimum absolute atomic E-state index is 0.199. The number of hydrogen-bond acceptors (Lipinski definition) is 2. The van der Waals surface area contributed by atoms with Crippen LogP contribution >= 0.6 is 0 Å². The van der Waals surface area contributed by atoms with E-state index in [0.717, 1.165) is 30.7 Å². The van der Waals surface area contributed by atoms with Crippen LogP contribution in [0.5, 0.6) is 0 Å². The maximum absolute atomic E-state index is 13.2. The number of benzene rings is 1. The van der Waals surface area contributed by atoms with Gasteiger partial charge in [-0.3, -0.25) is 0 Å². The molecule has 0 radical (unpaired) electrons.